The standard InChI is InChI=1S/C30H38N2O7/c1-6-28(4)16-23(29(5)17(2)9-12-30(18(3)25(28)34)13-10-22(33)24(29)30)39-27(36)31-14-11-19-7-8-20(32(37)38)15-21(19)26(31)35/h6-8,15,17-18,23-25,34H,1,9-14,16H2,2-5H3/t17-,18+,23-,24+,25+,28-,29+,30+/m1/s1. The Morgan fingerprint density at radius 2 is 1.95 bits per heavy atom. The monoisotopic (exact) mass is 538 g/mol. The molecule has 3 aliphatic carbocycles. The highest BCUT2D eigenvalue weighted by Crippen LogP contribution is 2.68. The van der Waals surface area contributed by atoms with Crippen LogP contribution in [0.15, 0.2) is 30.9 Å². The molecule has 1 aliphatic heterocycles. The van der Waals surface area contributed by atoms with Gasteiger partial charge >= 0.3 is 6.09 Å². The van der Waals surface area contributed by atoms with Gasteiger partial charge in [-0.2, -0.15) is 0 Å². The van der Waals surface area contributed by atoms with Gasteiger partial charge in [-0.15, -0.1) is 6.58 Å². The van der Waals surface area contributed by atoms with Crippen LogP contribution in [0.25, 0.3) is 0 Å². The second kappa shape index (κ2) is 9.25. The van der Waals surface area contributed by atoms with Crippen molar-refractivity contribution in [3.8, 4) is 0 Å². The van der Waals surface area contributed by atoms with Gasteiger partial charge in [-0.25, -0.2) is 9.69 Å². The van der Waals surface area contributed by atoms with Gasteiger partial charge in [0.1, 0.15) is 11.9 Å². The second-order valence-corrected chi connectivity index (χ2v) is 12.8. The SMILES string of the molecule is C=C[C@]1(C)C[C@@H](OC(=O)N2CCc3ccc([N+](=O)[O-])cc3C2=O)[C@]2(C)[C@H](C)CC[C@]3(CCC(=O)[C@H]32)[C@@H](C)[C@@H]1O. The first-order valence-corrected chi connectivity index (χ1v) is 13.9. The minimum atomic E-state index is -0.827. The zero-order valence-electron chi connectivity index (χ0n) is 23.1. The Balaban J connectivity index is 1.53. The van der Waals surface area contributed by atoms with Crippen molar-refractivity contribution in [2.24, 2.45) is 34.0 Å². The highest BCUT2D eigenvalue weighted by atomic mass is 16.6. The van der Waals surface area contributed by atoms with Gasteiger partial charge in [-0.05, 0) is 54.9 Å². The van der Waals surface area contributed by atoms with E-state index in [0.29, 0.717) is 24.8 Å². The molecule has 1 aromatic carbocycles. The Bertz CT molecular complexity index is 1260. The van der Waals surface area contributed by atoms with Gasteiger partial charge in [0, 0.05) is 41.8 Å². The summed E-state index contributed by atoms with van der Waals surface area (Å²) in [5.74, 6) is -0.930. The molecular weight excluding hydrogens is 500 g/mol. The number of aliphatic hydroxyl groups excluding tert-OH is 1. The Labute approximate surface area is 228 Å². The molecule has 2 bridgehead atoms. The Morgan fingerprint density at radius 1 is 1.23 bits per heavy atom. The summed E-state index contributed by atoms with van der Waals surface area (Å²) < 4.78 is 6.24. The average Bonchev–Trinajstić information content (AvgIpc) is 3.27. The van der Waals surface area contributed by atoms with Crippen molar-refractivity contribution in [1.82, 2.24) is 4.90 Å². The van der Waals surface area contributed by atoms with E-state index in [1.54, 1.807) is 12.1 Å². The first kappa shape index (κ1) is 27.5. The van der Waals surface area contributed by atoms with Crippen molar-refractivity contribution >= 4 is 23.5 Å². The van der Waals surface area contributed by atoms with E-state index in [9.17, 15) is 29.6 Å². The highest BCUT2D eigenvalue weighted by Gasteiger charge is 2.68. The van der Waals surface area contributed by atoms with Crippen molar-refractivity contribution in [3.63, 3.8) is 0 Å². The van der Waals surface area contributed by atoms with Crippen LogP contribution in [0.3, 0.4) is 0 Å². The molecule has 0 spiro atoms. The Hall–Kier alpha value is -3.07. The first-order chi connectivity index (χ1) is 18.3. The summed E-state index contributed by atoms with van der Waals surface area (Å²) in [4.78, 5) is 52.4. The van der Waals surface area contributed by atoms with Crippen LogP contribution in [0.1, 0.15) is 75.7 Å². The highest BCUT2D eigenvalue weighted by molar-refractivity contribution is 6.05. The zero-order chi connectivity index (χ0) is 28.5. The third kappa shape index (κ3) is 3.87. The lowest BCUT2D eigenvalue weighted by molar-refractivity contribution is -0.384. The number of rotatable bonds is 3. The zero-order valence-corrected chi connectivity index (χ0v) is 23.1. The van der Waals surface area contributed by atoms with E-state index in [-0.39, 0.29) is 47.8 Å². The number of benzene rings is 1. The molecule has 5 rings (SSSR count). The molecule has 9 nitrogen and oxygen atoms in total. The van der Waals surface area contributed by atoms with Crippen LogP contribution in [0.2, 0.25) is 0 Å². The first-order valence-electron chi connectivity index (χ1n) is 13.9. The van der Waals surface area contributed by atoms with Crippen molar-refractivity contribution in [3.05, 3.63) is 52.1 Å². The van der Waals surface area contributed by atoms with Crippen molar-refractivity contribution in [2.75, 3.05) is 6.54 Å². The van der Waals surface area contributed by atoms with E-state index in [0.717, 1.165) is 17.7 Å². The summed E-state index contributed by atoms with van der Waals surface area (Å²) in [6.45, 7) is 12.2. The maximum atomic E-state index is 13.7. The molecule has 0 unspecified atom stereocenters. The number of non-ortho nitro benzene ring substituents is 1. The number of carbonyl (C=O) groups is 3. The van der Waals surface area contributed by atoms with E-state index in [1.807, 2.05) is 20.8 Å². The lowest BCUT2D eigenvalue weighted by Gasteiger charge is -2.61. The molecule has 4 aliphatic rings. The van der Waals surface area contributed by atoms with Gasteiger partial charge in [0.05, 0.1) is 16.6 Å². The van der Waals surface area contributed by atoms with Crippen molar-refractivity contribution in [2.45, 2.75) is 78.4 Å². The number of carbonyl (C=O) groups excluding carboxylic acids is 3. The summed E-state index contributed by atoms with van der Waals surface area (Å²) in [5.41, 5.74) is -1.34. The van der Waals surface area contributed by atoms with Crippen molar-refractivity contribution in [1.29, 1.82) is 0 Å². The number of fused-ring (bicyclic) bond motifs is 1. The van der Waals surface area contributed by atoms with E-state index in [2.05, 4.69) is 13.5 Å². The summed E-state index contributed by atoms with van der Waals surface area (Å²) in [7, 11) is 0. The fourth-order valence-corrected chi connectivity index (χ4v) is 8.44. The third-order valence-electron chi connectivity index (χ3n) is 11.1. The summed E-state index contributed by atoms with van der Waals surface area (Å²) in [5, 5.41) is 23.0. The number of amides is 2. The van der Waals surface area contributed by atoms with Crippen LogP contribution < -0.4 is 0 Å². The number of imide groups is 1. The number of nitro groups is 1. The van der Waals surface area contributed by atoms with Crippen molar-refractivity contribution < 1.29 is 29.2 Å². The molecule has 0 radical (unpaired) electrons. The number of hydrogen-bond acceptors (Lipinski definition) is 7. The van der Waals surface area contributed by atoms with Crippen LogP contribution in [0.4, 0.5) is 10.5 Å². The fourth-order valence-electron chi connectivity index (χ4n) is 8.44. The molecule has 8 atom stereocenters. The molecule has 3 saturated carbocycles. The average molecular weight is 539 g/mol. The Morgan fingerprint density at radius 3 is 2.62 bits per heavy atom. The van der Waals surface area contributed by atoms with Gasteiger partial charge in [-0.1, -0.05) is 39.8 Å². The molecule has 2 amide bonds. The molecule has 1 aromatic rings. The number of aliphatic hydroxyl groups is 1. The van der Waals surface area contributed by atoms with Crippen LogP contribution >= 0.6 is 0 Å². The number of nitrogens with zero attached hydrogens (tertiary/aromatic N) is 2. The molecule has 3 fully saturated rings. The number of nitro benzene ring substituents is 1. The Kier molecular flexibility index (Phi) is 6.52. The van der Waals surface area contributed by atoms with E-state index in [4.69, 9.17) is 4.74 Å². The van der Waals surface area contributed by atoms with Crippen LogP contribution in [0.5, 0.6) is 0 Å². The summed E-state index contributed by atoms with van der Waals surface area (Å²) in [6.07, 6.45) is 2.79. The summed E-state index contributed by atoms with van der Waals surface area (Å²) in [6, 6.07) is 4.11. The third-order valence-corrected chi connectivity index (χ3v) is 11.1. The minimum Gasteiger partial charge on any atom is -0.445 e. The topological polar surface area (TPSA) is 127 Å². The number of ketones is 1. The minimum absolute atomic E-state index is 0.0624. The maximum absolute atomic E-state index is 13.7. The molecule has 0 saturated heterocycles. The van der Waals surface area contributed by atoms with E-state index >= 15 is 0 Å². The van der Waals surface area contributed by atoms with Gasteiger partial charge in [-0.3, -0.25) is 19.7 Å². The smallest absolute Gasteiger partial charge is 0.417 e. The van der Waals surface area contributed by atoms with Gasteiger partial charge in [0.2, 0.25) is 0 Å². The van der Waals surface area contributed by atoms with Crippen LogP contribution in [-0.2, 0) is 16.0 Å². The molecule has 210 valence electrons. The maximum Gasteiger partial charge on any atom is 0.417 e. The van der Waals surface area contributed by atoms with E-state index < -0.39 is 45.4 Å². The largest absolute Gasteiger partial charge is 0.445 e. The molecule has 39 heavy (non-hydrogen) atoms. The predicted molar refractivity (Wildman–Crippen MR) is 143 cm³/mol. The molecular formula is C30H38N2O7. The van der Waals surface area contributed by atoms with Gasteiger partial charge < -0.3 is 9.84 Å². The number of ether oxygens (including phenoxy) is 1. The molecule has 1 heterocycles. The van der Waals surface area contributed by atoms with Gasteiger partial charge in [0.25, 0.3) is 11.6 Å². The molecule has 1 N–H and O–H groups in total. The molecule has 0 aromatic heterocycles. The number of hydrogen-bond donors (Lipinski definition) is 1. The quantitative estimate of drug-likeness (QED) is 0.322. The van der Waals surface area contributed by atoms with Gasteiger partial charge in [0.15, 0.2) is 0 Å². The van der Waals surface area contributed by atoms with Crippen LogP contribution in [-0.4, -0.2) is 51.5 Å². The fraction of sp³-hybridized carbons (Fsp3) is 0.633. The van der Waals surface area contributed by atoms with E-state index in [1.165, 1.54) is 12.1 Å². The summed E-state index contributed by atoms with van der Waals surface area (Å²) >= 11 is 0. The molecule has 9 heteroatoms. The lowest BCUT2D eigenvalue weighted by atomic mass is 9.44. The number of Topliss-reactive ketones (excluding diaryl/α,β-unsaturated/α-hetero) is 1. The normalized spacial score (nSPS) is 39.7. The lowest BCUT2D eigenvalue weighted by Crippen LogP contribution is -2.63. The predicted octanol–water partition coefficient (Wildman–Crippen LogP) is 5.09. The second-order valence-electron chi connectivity index (χ2n) is 12.8. The van der Waals surface area contributed by atoms with Crippen LogP contribution in [0, 0.1) is 44.1 Å².